The maximum absolute atomic E-state index is 5.81. The van der Waals surface area contributed by atoms with Gasteiger partial charge in [0.05, 0.1) is 5.75 Å². The first-order valence-electron chi connectivity index (χ1n) is 5.11. The molecule has 1 aromatic carbocycles. The van der Waals surface area contributed by atoms with E-state index < -0.39 is 0 Å². The fourth-order valence-corrected chi connectivity index (χ4v) is 2.52. The van der Waals surface area contributed by atoms with E-state index in [-0.39, 0.29) is 0 Å². The van der Waals surface area contributed by atoms with Gasteiger partial charge in [0.1, 0.15) is 0 Å². The van der Waals surface area contributed by atoms with Gasteiger partial charge in [-0.25, -0.2) is 0 Å². The maximum atomic E-state index is 5.81. The molecule has 1 aromatic heterocycles. The number of rotatable bonds is 5. The SMILES string of the molecule is CCSc1nnc(CSc2ccc(Cl)cc2)o1. The van der Waals surface area contributed by atoms with Crippen molar-refractivity contribution in [1.82, 2.24) is 10.2 Å². The first-order valence-corrected chi connectivity index (χ1v) is 7.46. The molecule has 0 amide bonds. The second-order valence-electron chi connectivity index (χ2n) is 3.14. The molecule has 17 heavy (non-hydrogen) atoms. The number of hydrogen-bond donors (Lipinski definition) is 0. The molecule has 90 valence electrons. The van der Waals surface area contributed by atoms with E-state index in [1.165, 1.54) is 0 Å². The van der Waals surface area contributed by atoms with E-state index in [2.05, 4.69) is 17.1 Å². The van der Waals surface area contributed by atoms with Gasteiger partial charge in [-0.2, -0.15) is 0 Å². The molecule has 0 spiro atoms. The van der Waals surface area contributed by atoms with Crippen LogP contribution in [0.1, 0.15) is 12.8 Å². The van der Waals surface area contributed by atoms with E-state index in [9.17, 15) is 0 Å². The van der Waals surface area contributed by atoms with Crippen molar-refractivity contribution in [3.8, 4) is 0 Å². The molecule has 0 aliphatic carbocycles. The lowest BCUT2D eigenvalue weighted by Crippen LogP contribution is -1.80. The molecule has 1 heterocycles. The molecule has 0 radical (unpaired) electrons. The molecule has 0 fully saturated rings. The molecule has 0 atom stereocenters. The summed E-state index contributed by atoms with van der Waals surface area (Å²) in [5.41, 5.74) is 0. The van der Waals surface area contributed by atoms with E-state index in [1.807, 2.05) is 24.3 Å². The van der Waals surface area contributed by atoms with E-state index in [0.717, 1.165) is 15.7 Å². The molecular weight excluding hydrogens is 276 g/mol. The van der Waals surface area contributed by atoms with Crippen molar-refractivity contribution in [2.75, 3.05) is 5.75 Å². The van der Waals surface area contributed by atoms with Crippen molar-refractivity contribution in [2.24, 2.45) is 0 Å². The van der Waals surface area contributed by atoms with Crippen LogP contribution in [0.5, 0.6) is 0 Å². The van der Waals surface area contributed by atoms with E-state index in [4.69, 9.17) is 16.0 Å². The Bertz CT molecular complexity index is 473. The van der Waals surface area contributed by atoms with Gasteiger partial charge in [-0.15, -0.1) is 22.0 Å². The lowest BCUT2D eigenvalue weighted by atomic mass is 10.4. The molecule has 0 saturated carbocycles. The maximum Gasteiger partial charge on any atom is 0.276 e. The molecule has 6 heteroatoms. The highest BCUT2D eigenvalue weighted by Gasteiger charge is 2.06. The average molecular weight is 287 g/mol. The zero-order chi connectivity index (χ0) is 12.1. The van der Waals surface area contributed by atoms with Gasteiger partial charge in [0.2, 0.25) is 5.89 Å². The average Bonchev–Trinajstić information content (AvgIpc) is 2.77. The predicted octanol–water partition coefficient (Wildman–Crippen LogP) is 4.13. The Morgan fingerprint density at radius 2 is 1.94 bits per heavy atom. The fraction of sp³-hybridized carbons (Fsp3) is 0.273. The summed E-state index contributed by atoms with van der Waals surface area (Å²) in [5, 5.41) is 9.31. The van der Waals surface area contributed by atoms with Gasteiger partial charge in [-0.1, -0.05) is 30.3 Å². The Morgan fingerprint density at radius 3 is 2.65 bits per heavy atom. The second-order valence-corrected chi connectivity index (χ2v) is 5.84. The largest absolute Gasteiger partial charge is 0.415 e. The molecule has 0 saturated heterocycles. The van der Waals surface area contributed by atoms with Crippen LogP contribution in [0.25, 0.3) is 0 Å². The minimum Gasteiger partial charge on any atom is -0.415 e. The Labute approximate surface area is 113 Å². The summed E-state index contributed by atoms with van der Waals surface area (Å²) >= 11 is 9.02. The van der Waals surface area contributed by atoms with Crippen molar-refractivity contribution < 1.29 is 4.42 Å². The summed E-state index contributed by atoms with van der Waals surface area (Å²) in [6, 6.07) is 7.70. The van der Waals surface area contributed by atoms with Gasteiger partial charge in [0.25, 0.3) is 5.22 Å². The topological polar surface area (TPSA) is 38.9 Å². The summed E-state index contributed by atoms with van der Waals surface area (Å²) in [4.78, 5) is 1.14. The number of hydrogen-bond acceptors (Lipinski definition) is 5. The summed E-state index contributed by atoms with van der Waals surface area (Å²) in [5.74, 6) is 2.27. The number of nitrogens with zero attached hydrogens (tertiary/aromatic N) is 2. The number of thioether (sulfide) groups is 2. The Morgan fingerprint density at radius 1 is 1.18 bits per heavy atom. The highest BCUT2D eigenvalue weighted by Crippen LogP contribution is 2.25. The highest BCUT2D eigenvalue weighted by molar-refractivity contribution is 7.99. The third-order valence-electron chi connectivity index (χ3n) is 1.89. The lowest BCUT2D eigenvalue weighted by molar-refractivity contribution is 0.426. The van der Waals surface area contributed by atoms with E-state index in [1.54, 1.807) is 23.5 Å². The number of halogens is 1. The molecule has 3 nitrogen and oxygen atoms in total. The summed E-state index contributed by atoms with van der Waals surface area (Å²) in [6.07, 6.45) is 0. The summed E-state index contributed by atoms with van der Waals surface area (Å²) in [6.45, 7) is 2.05. The normalized spacial score (nSPS) is 10.7. The van der Waals surface area contributed by atoms with Crippen LogP contribution in [0.15, 0.2) is 38.8 Å². The van der Waals surface area contributed by atoms with Gasteiger partial charge < -0.3 is 4.42 Å². The minimum absolute atomic E-state index is 0.638. The van der Waals surface area contributed by atoms with Crippen molar-refractivity contribution in [3.05, 3.63) is 35.2 Å². The zero-order valence-electron chi connectivity index (χ0n) is 9.22. The van der Waals surface area contributed by atoms with Crippen molar-refractivity contribution in [3.63, 3.8) is 0 Å². The third kappa shape index (κ3) is 3.94. The first kappa shape index (κ1) is 12.8. The van der Waals surface area contributed by atoms with Gasteiger partial charge >= 0.3 is 0 Å². The fourth-order valence-electron chi connectivity index (χ4n) is 1.15. The van der Waals surface area contributed by atoms with Gasteiger partial charge in [0.15, 0.2) is 0 Å². The van der Waals surface area contributed by atoms with E-state index in [0.29, 0.717) is 16.9 Å². The lowest BCUT2D eigenvalue weighted by Gasteiger charge is -1.97. The van der Waals surface area contributed by atoms with Crippen LogP contribution in [-0.4, -0.2) is 16.0 Å². The van der Waals surface area contributed by atoms with Crippen LogP contribution in [0, 0.1) is 0 Å². The van der Waals surface area contributed by atoms with Gasteiger partial charge in [0, 0.05) is 9.92 Å². The number of benzene rings is 1. The standard InChI is InChI=1S/C11H11ClN2OS2/c1-2-16-11-14-13-10(15-11)7-17-9-5-3-8(12)4-6-9/h3-6H,2,7H2,1H3. The van der Waals surface area contributed by atoms with Crippen molar-refractivity contribution in [2.45, 2.75) is 22.8 Å². The van der Waals surface area contributed by atoms with Crippen LogP contribution < -0.4 is 0 Å². The number of aromatic nitrogens is 2. The van der Waals surface area contributed by atoms with Crippen LogP contribution in [0.4, 0.5) is 0 Å². The molecule has 0 unspecified atom stereocenters. The monoisotopic (exact) mass is 286 g/mol. The third-order valence-corrected chi connectivity index (χ3v) is 3.84. The van der Waals surface area contributed by atoms with Crippen LogP contribution >= 0.6 is 35.1 Å². The predicted molar refractivity (Wildman–Crippen MR) is 71.7 cm³/mol. The highest BCUT2D eigenvalue weighted by atomic mass is 35.5. The zero-order valence-corrected chi connectivity index (χ0v) is 11.6. The first-order chi connectivity index (χ1) is 8.28. The molecular formula is C11H11ClN2OS2. The van der Waals surface area contributed by atoms with Gasteiger partial charge in [-0.3, -0.25) is 0 Å². The van der Waals surface area contributed by atoms with Crippen LogP contribution in [0.2, 0.25) is 5.02 Å². The Hall–Kier alpha value is -0.650. The smallest absolute Gasteiger partial charge is 0.276 e. The minimum atomic E-state index is 0.638. The molecule has 0 aliphatic rings. The summed E-state index contributed by atoms with van der Waals surface area (Å²) < 4.78 is 5.46. The second kappa shape index (κ2) is 6.33. The molecule has 2 aromatic rings. The van der Waals surface area contributed by atoms with Crippen LogP contribution in [-0.2, 0) is 5.75 Å². The van der Waals surface area contributed by atoms with Crippen molar-refractivity contribution >= 4 is 35.1 Å². The Kier molecular flexibility index (Phi) is 4.76. The van der Waals surface area contributed by atoms with Crippen LogP contribution in [0.3, 0.4) is 0 Å². The molecule has 0 N–H and O–H groups in total. The molecule has 0 bridgehead atoms. The summed E-state index contributed by atoms with van der Waals surface area (Å²) in [7, 11) is 0. The Balaban J connectivity index is 1.90. The molecule has 2 rings (SSSR count). The van der Waals surface area contributed by atoms with Gasteiger partial charge in [-0.05, 0) is 30.0 Å². The van der Waals surface area contributed by atoms with E-state index >= 15 is 0 Å². The molecule has 0 aliphatic heterocycles. The quantitative estimate of drug-likeness (QED) is 0.773. The van der Waals surface area contributed by atoms with Crippen molar-refractivity contribution in [1.29, 1.82) is 0 Å².